The van der Waals surface area contributed by atoms with Crippen LogP contribution >= 0.6 is 0 Å². The molecule has 114 valence electrons. The van der Waals surface area contributed by atoms with Crippen LogP contribution in [-0.4, -0.2) is 31.5 Å². The highest BCUT2D eigenvalue weighted by atomic mass is 16.5. The Kier molecular flexibility index (Phi) is 7.41. The van der Waals surface area contributed by atoms with Crippen molar-refractivity contribution in [3.8, 4) is 11.5 Å². The maximum Gasteiger partial charge on any atom is 0.127 e. The first-order valence-corrected chi connectivity index (χ1v) is 7.30. The molecule has 0 heterocycles. The molecule has 4 heteroatoms. The van der Waals surface area contributed by atoms with Crippen LogP contribution in [0.2, 0.25) is 0 Å². The Morgan fingerprint density at radius 3 is 2.65 bits per heavy atom. The Bertz CT molecular complexity index is 393. The van der Waals surface area contributed by atoms with Gasteiger partial charge < -0.3 is 19.9 Å². The average molecular weight is 281 g/mol. The Morgan fingerprint density at radius 2 is 2.05 bits per heavy atom. The molecule has 0 amide bonds. The number of hydrogen-bond donors (Lipinski definition) is 2. The van der Waals surface area contributed by atoms with Crippen molar-refractivity contribution in [2.45, 2.75) is 45.8 Å². The third kappa shape index (κ3) is 5.39. The summed E-state index contributed by atoms with van der Waals surface area (Å²) in [6, 6.07) is 6.11. The highest BCUT2D eigenvalue weighted by Crippen LogP contribution is 2.29. The lowest BCUT2D eigenvalue weighted by Gasteiger charge is -2.19. The van der Waals surface area contributed by atoms with E-state index in [2.05, 4.69) is 19.2 Å². The predicted molar refractivity (Wildman–Crippen MR) is 81.5 cm³/mol. The molecule has 0 spiro atoms. The lowest BCUT2D eigenvalue weighted by atomic mass is 10.1. The van der Waals surface area contributed by atoms with Gasteiger partial charge >= 0.3 is 0 Å². The minimum absolute atomic E-state index is 0.224. The molecule has 20 heavy (non-hydrogen) atoms. The quantitative estimate of drug-likeness (QED) is 0.731. The van der Waals surface area contributed by atoms with Gasteiger partial charge in [0, 0.05) is 24.1 Å². The molecule has 0 fully saturated rings. The van der Waals surface area contributed by atoms with Gasteiger partial charge in [-0.05, 0) is 32.9 Å². The van der Waals surface area contributed by atoms with E-state index in [1.165, 1.54) is 0 Å². The van der Waals surface area contributed by atoms with Gasteiger partial charge in [0.1, 0.15) is 11.5 Å². The SMILES string of the molecule is CCCNC(C)c1ccc(OC)cc1OCCC(C)O. The van der Waals surface area contributed by atoms with E-state index in [4.69, 9.17) is 9.47 Å². The normalized spacial score (nSPS) is 13.8. The molecule has 0 aliphatic rings. The molecule has 4 nitrogen and oxygen atoms in total. The summed E-state index contributed by atoms with van der Waals surface area (Å²) in [5, 5.41) is 12.8. The standard InChI is InChI=1S/C16H27NO3/c1-5-9-17-13(3)15-7-6-14(19-4)11-16(15)20-10-8-12(2)18/h6-7,11-13,17-18H,5,8-10H2,1-4H3. The summed E-state index contributed by atoms with van der Waals surface area (Å²) in [6.07, 6.45) is 1.37. The maximum atomic E-state index is 9.31. The Morgan fingerprint density at radius 1 is 1.30 bits per heavy atom. The van der Waals surface area contributed by atoms with Gasteiger partial charge in [-0.25, -0.2) is 0 Å². The van der Waals surface area contributed by atoms with Crippen molar-refractivity contribution < 1.29 is 14.6 Å². The molecule has 1 aromatic carbocycles. The second kappa shape index (κ2) is 8.82. The van der Waals surface area contributed by atoms with Crippen LogP contribution in [0.3, 0.4) is 0 Å². The monoisotopic (exact) mass is 281 g/mol. The molecule has 0 aliphatic heterocycles. The molecule has 2 unspecified atom stereocenters. The zero-order valence-corrected chi connectivity index (χ0v) is 13.0. The minimum atomic E-state index is -0.348. The fourth-order valence-electron chi connectivity index (χ4n) is 1.93. The van der Waals surface area contributed by atoms with Crippen molar-refractivity contribution in [3.63, 3.8) is 0 Å². The smallest absolute Gasteiger partial charge is 0.127 e. The minimum Gasteiger partial charge on any atom is -0.497 e. The van der Waals surface area contributed by atoms with Gasteiger partial charge in [0.25, 0.3) is 0 Å². The summed E-state index contributed by atoms with van der Waals surface area (Å²) < 4.78 is 11.1. The average Bonchev–Trinajstić information content (AvgIpc) is 2.44. The fraction of sp³-hybridized carbons (Fsp3) is 0.625. The van der Waals surface area contributed by atoms with Crippen LogP contribution in [0.25, 0.3) is 0 Å². The number of nitrogens with one attached hydrogen (secondary N) is 1. The van der Waals surface area contributed by atoms with Crippen LogP contribution in [-0.2, 0) is 0 Å². The van der Waals surface area contributed by atoms with Gasteiger partial charge in [-0.2, -0.15) is 0 Å². The first kappa shape index (κ1) is 16.8. The van der Waals surface area contributed by atoms with Crippen molar-refractivity contribution in [1.29, 1.82) is 0 Å². The highest BCUT2D eigenvalue weighted by Gasteiger charge is 2.12. The number of benzene rings is 1. The molecule has 0 saturated carbocycles. The Labute approximate surface area is 122 Å². The number of aliphatic hydroxyl groups is 1. The van der Waals surface area contributed by atoms with E-state index in [1.807, 2.05) is 18.2 Å². The summed E-state index contributed by atoms with van der Waals surface area (Å²) in [4.78, 5) is 0. The van der Waals surface area contributed by atoms with Crippen molar-refractivity contribution in [2.24, 2.45) is 0 Å². The van der Waals surface area contributed by atoms with Crippen LogP contribution in [0.4, 0.5) is 0 Å². The number of rotatable bonds is 9. The summed E-state index contributed by atoms with van der Waals surface area (Å²) in [5.74, 6) is 1.60. The van der Waals surface area contributed by atoms with Gasteiger partial charge in [0.05, 0.1) is 19.8 Å². The van der Waals surface area contributed by atoms with Gasteiger partial charge in [0.2, 0.25) is 0 Å². The van der Waals surface area contributed by atoms with E-state index in [0.29, 0.717) is 13.0 Å². The number of methoxy groups -OCH3 is 1. The number of hydrogen-bond acceptors (Lipinski definition) is 4. The van der Waals surface area contributed by atoms with Crippen LogP contribution < -0.4 is 14.8 Å². The van der Waals surface area contributed by atoms with Crippen LogP contribution in [0.5, 0.6) is 11.5 Å². The van der Waals surface area contributed by atoms with Gasteiger partial charge in [0.15, 0.2) is 0 Å². The summed E-state index contributed by atoms with van der Waals surface area (Å²) in [5.41, 5.74) is 1.12. The lowest BCUT2D eigenvalue weighted by Crippen LogP contribution is -2.20. The molecule has 0 aliphatic carbocycles. The van der Waals surface area contributed by atoms with Crippen LogP contribution in [0.1, 0.15) is 45.2 Å². The second-order valence-electron chi connectivity index (χ2n) is 5.07. The van der Waals surface area contributed by atoms with E-state index in [9.17, 15) is 5.11 Å². The summed E-state index contributed by atoms with van der Waals surface area (Å²) in [6.45, 7) is 7.51. The molecule has 0 bridgehead atoms. The summed E-state index contributed by atoms with van der Waals surface area (Å²) >= 11 is 0. The predicted octanol–water partition coefficient (Wildman–Crippen LogP) is 2.91. The lowest BCUT2D eigenvalue weighted by molar-refractivity contribution is 0.155. The number of ether oxygens (including phenoxy) is 2. The van der Waals surface area contributed by atoms with Crippen molar-refractivity contribution >= 4 is 0 Å². The van der Waals surface area contributed by atoms with Crippen molar-refractivity contribution in [3.05, 3.63) is 23.8 Å². The highest BCUT2D eigenvalue weighted by molar-refractivity contribution is 5.42. The molecule has 2 atom stereocenters. The zero-order valence-electron chi connectivity index (χ0n) is 13.0. The van der Waals surface area contributed by atoms with Crippen molar-refractivity contribution in [1.82, 2.24) is 5.32 Å². The van der Waals surface area contributed by atoms with E-state index in [-0.39, 0.29) is 12.1 Å². The van der Waals surface area contributed by atoms with E-state index >= 15 is 0 Å². The molecule has 0 aromatic heterocycles. The fourth-order valence-corrected chi connectivity index (χ4v) is 1.93. The first-order chi connectivity index (χ1) is 9.58. The van der Waals surface area contributed by atoms with Gasteiger partial charge in [-0.15, -0.1) is 0 Å². The van der Waals surface area contributed by atoms with E-state index < -0.39 is 0 Å². The van der Waals surface area contributed by atoms with E-state index in [0.717, 1.165) is 30.0 Å². The molecular formula is C16H27NO3. The van der Waals surface area contributed by atoms with Crippen LogP contribution in [0.15, 0.2) is 18.2 Å². The Hall–Kier alpha value is -1.26. The Balaban J connectivity index is 2.80. The summed E-state index contributed by atoms with van der Waals surface area (Å²) in [7, 11) is 1.65. The molecule has 1 aromatic rings. The second-order valence-corrected chi connectivity index (χ2v) is 5.07. The molecule has 2 N–H and O–H groups in total. The van der Waals surface area contributed by atoms with E-state index in [1.54, 1.807) is 14.0 Å². The largest absolute Gasteiger partial charge is 0.497 e. The number of aliphatic hydroxyl groups excluding tert-OH is 1. The topological polar surface area (TPSA) is 50.7 Å². The molecular weight excluding hydrogens is 254 g/mol. The third-order valence-corrected chi connectivity index (χ3v) is 3.18. The first-order valence-electron chi connectivity index (χ1n) is 7.30. The van der Waals surface area contributed by atoms with Crippen LogP contribution in [0, 0.1) is 0 Å². The molecule has 0 saturated heterocycles. The zero-order chi connectivity index (χ0) is 15.0. The van der Waals surface area contributed by atoms with Gasteiger partial charge in [-0.1, -0.05) is 13.0 Å². The molecule has 1 rings (SSSR count). The van der Waals surface area contributed by atoms with Gasteiger partial charge in [-0.3, -0.25) is 0 Å². The third-order valence-electron chi connectivity index (χ3n) is 3.18. The van der Waals surface area contributed by atoms with Crippen molar-refractivity contribution in [2.75, 3.05) is 20.3 Å². The maximum absolute atomic E-state index is 9.31. The molecule has 0 radical (unpaired) electrons.